The van der Waals surface area contributed by atoms with Crippen LogP contribution in [0.3, 0.4) is 0 Å². The number of morpholine rings is 1. The van der Waals surface area contributed by atoms with E-state index in [4.69, 9.17) is 16.3 Å². The van der Waals surface area contributed by atoms with Crippen molar-refractivity contribution < 1.29 is 4.74 Å². The van der Waals surface area contributed by atoms with Gasteiger partial charge in [0.15, 0.2) is 0 Å². The molecular formula is C19H27ClN4OS. The van der Waals surface area contributed by atoms with Crippen molar-refractivity contribution in [2.75, 3.05) is 26.3 Å². The number of aromatic amines is 1. The summed E-state index contributed by atoms with van der Waals surface area (Å²) < 4.78 is 11.4. The molecule has 0 unspecified atom stereocenters. The summed E-state index contributed by atoms with van der Waals surface area (Å²) in [6, 6.07) is 0.546. The number of halogens is 1. The number of nitrogens with zero attached hydrogens (tertiary/aromatic N) is 2. The van der Waals surface area contributed by atoms with Gasteiger partial charge in [-0.2, -0.15) is 5.10 Å². The maximum atomic E-state index is 6.61. The van der Waals surface area contributed by atoms with E-state index in [1.54, 1.807) is 24.3 Å². The summed E-state index contributed by atoms with van der Waals surface area (Å²) in [5, 5.41) is 8.30. The minimum atomic E-state index is 0.435. The standard InChI is InChI=1S/C19H27ClN4OS/c1-3-5-14(4-2)18-17(20)19(22-21-18)15-6-8-16(9-7-15)23-26-24-10-12-25-13-11-24/h3-5,15-16,23H,1-2,6-13H2,(H,21,22)/b14-5+. The zero-order valence-electron chi connectivity index (χ0n) is 15.0. The van der Waals surface area contributed by atoms with E-state index in [-0.39, 0.29) is 0 Å². The van der Waals surface area contributed by atoms with E-state index in [0.717, 1.165) is 74.0 Å². The zero-order valence-corrected chi connectivity index (χ0v) is 16.6. The van der Waals surface area contributed by atoms with Gasteiger partial charge in [0.25, 0.3) is 0 Å². The molecule has 1 saturated carbocycles. The Labute approximate surface area is 165 Å². The van der Waals surface area contributed by atoms with Crippen LogP contribution in [0, 0.1) is 0 Å². The third-order valence-corrected chi connectivity index (χ3v) is 6.42. The van der Waals surface area contributed by atoms with Crippen LogP contribution in [0.15, 0.2) is 31.4 Å². The quantitative estimate of drug-likeness (QED) is 0.532. The van der Waals surface area contributed by atoms with Crippen LogP contribution in [0.4, 0.5) is 0 Å². The molecular weight excluding hydrogens is 368 g/mol. The summed E-state index contributed by atoms with van der Waals surface area (Å²) in [5.74, 6) is 0.435. The van der Waals surface area contributed by atoms with Crippen LogP contribution in [-0.2, 0) is 4.74 Å². The largest absolute Gasteiger partial charge is 0.379 e. The van der Waals surface area contributed by atoms with Crippen LogP contribution in [0.5, 0.6) is 0 Å². The lowest BCUT2D eigenvalue weighted by atomic mass is 9.84. The predicted molar refractivity (Wildman–Crippen MR) is 110 cm³/mol. The fourth-order valence-corrected chi connectivity index (χ4v) is 4.67. The van der Waals surface area contributed by atoms with E-state index in [0.29, 0.717) is 12.0 Å². The summed E-state index contributed by atoms with van der Waals surface area (Å²) in [6.45, 7) is 11.2. The van der Waals surface area contributed by atoms with E-state index in [9.17, 15) is 0 Å². The lowest BCUT2D eigenvalue weighted by Crippen LogP contribution is -2.37. The van der Waals surface area contributed by atoms with Crippen LogP contribution in [0.1, 0.15) is 43.0 Å². The van der Waals surface area contributed by atoms with Gasteiger partial charge in [0, 0.05) is 42.8 Å². The van der Waals surface area contributed by atoms with Gasteiger partial charge in [-0.05, 0) is 25.7 Å². The Morgan fingerprint density at radius 1 is 1.27 bits per heavy atom. The molecule has 1 aromatic rings. The van der Waals surface area contributed by atoms with Crippen molar-refractivity contribution in [2.24, 2.45) is 0 Å². The minimum Gasteiger partial charge on any atom is -0.379 e. The second kappa shape index (κ2) is 9.76. The third kappa shape index (κ3) is 4.81. The Morgan fingerprint density at radius 2 is 2.00 bits per heavy atom. The molecule has 0 spiro atoms. The number of nitrogens with one attached hydrogen (secondary N) is 2. The highest BCUT2D eigenvalue weighted by atomic mass is 35.5. The first-order valence-corrected chi connectivity index (χ1v) is 10.3. The Hall–Kier alpha value is -1.05. The molecule has 2 N–H and O–H groups in total. The first-order chi connectivity index (χ1) is 12.7. The first kappa shape index (κ1) is 19.7. The lowest BCUT2D eigenvalue weighted by Gasteiger charge is -2.31. The average molecular weight is 395 g/mol. The van der Waals surface area contributed by atoms with Gasteiger partial charge in [0.05, 0.1) is 23.9 Å². The molecule has 2 heterocycles. The number of aromatic nitrogens is 2. The van der Waals surface area contributed by atoms with E-state index in [2.05, 4.69) is 32.4 Å². The molecule has 0 radical (unpaired) electrons. The van der Waals surface area contributed by atoms with Crippen LogP contribution >= 0.6 is 23.7 Å². The molecule has 0 bridgehead atoms. The Balaban J connectivity index is 1.53. The van der Waals surface area contributed by atoms with E-state index < -0.39 is 0 Å². The summed E-state index contributed by atoms with van der Waals surface area (Å²) >= 11 is 8.36. The van der Waals surface area contributed by atoms with Gasteiger partial charge in [-0.3, -0.25) is 5.10 Å². The molecule has 0 amide bonds. The van der Waals surface area contributed by atoms with Crippen molar-refractivity contribution in [3.8, 4) is 0 Å². The molecule has 7 heteroatoms. The summed E-state index contributed by atoms with van der Waals surface area (Å²) in [4.78, 5) is 0. The van der Waals surface area contributed by atoms with E-state index in [1.807, 2.05) is 6.08 Å². The molecule has 0 aromatic carbocycles. The molecule has 26 heavy (non-hydrogen) atoms. The SMILES string of the molecule is C=C/C=C(\C=C)c1n[nH]c(C2CCC(NSN3CCOCC3)CC2)c1Cl. The molecule has 2 fully saturated rings. The van der Waals surface area contributed by atoms with Crippen molar-refractivity contribution in [3.05, 3.63) is 47.8 Å². The minimum absolute atomic E-state index is 0.435. The van der Waals surface area contributed by atoms with Crippen LogP contribution in [0.2, 0.25) is 5.02 Å². The van der Waals surface area contributed by atoms with Gasteiger partial charge in [-0.15, -0.1) is 0 Å². The second-order valence-corrected chi connectivity index (χ2v) is 7.97. The van der Waals surface area contributed by atoms with Gasteiger partial charge in [-0.1, -0.05) is 43.0 Å². The van der Waals surface area contributed by atoms with Crippen molar-refractivity contribution in [1.82, 2.24) is 19.2 Å². The van der Waals surface area contributed by atoms with Crippen molar-refractivity contribution in [2.45, 2.75) is 37.6 Å². The Morgan fingerprint density at radius 3 is 2.65 bits per heavy atom. The fourth-order valence-electron chi connectivity index (χ4n) is 3.46. The zero-order chi connectivity index (χ0) is 18.4. The van der Waals surface area contributed by atoms with Crippen LogP contribution in [-0.4, -0.2) is 46.8 Å². The fraction of sp³-hybridized carbons (Fsp3) is 0.526. The van der Waals surface area contributed by atoms with Crippen LogP contribution < -0.4 is 4.72 Å². The Bertz CT molecular complexity index is 646. The molecule has 2 aliphatic rings. The molecule has 1 aliphatic carbocycles. The molecule has 1 aliphatic heterocycles. The number of hydrogen-bond donors (Lipinski definition) is 2. The number of hydrogen-bond acceptors (Lipinski definition) is 5. The number of H-pyrrole nitrogens is 1. The molecule has 5 nitrogen and oxygen atoms in total. The summed E-state index contributed by atoms with van der Waals surface area (Å²) in [6.07, 6.45) is 9.87. The second-order valence-electron chi connectivity index (χ2n) is 6.66. The summed E-state index contributed by atoms with van der Waals surface area (Å²) in [7, 11) is 0. The van der Waals surface area contributed by atoms with Crippen molar-refractivity contribution >= 4 is 29.3 Å². The van der Waals surface area contributed by atoms with Gasteiger partial charge >= 0.3 is 0 Å². The number of rotatable bonds is 7. The molecule has 0 atom stereocenters. The molecule has 1 saturated heterocycles. The first-order valence-electron chi connectivity index (χ1n) is 9.17. The monoisotopic (exact) mass is 394 g/mol. The highest BCUT2D eigenvalue weighted by Crippen LogP contribution is 2.38. The number of allylic oxidation sites excluding steroid dienone is 4. The van der Waals surface area contributed by atoms with Gasteiger partial charge in [-0.25, -0.2) is 9.03 Å². The lowest BCUT2D eigenvalue weighted by molar-refractivity contribution is 0.0768. The summed E-state index contributed by atoms with van der Waals surface area (Å²) in [5.41, 5.74) is 2.71. The maximum Gasteiger partial charge on any atom is 0.111 e. The average Bonchev–Trinajstić information content (AvgIpc) is 3.07. The van der Waals surface area contributed by atoms with E-state index >= 15 is 0 Å². The maximum absolute atomic E-state index is 6.61. The third-order valence-electron chi connectivity index (χ3n) is 4.98. The predicted octanol–water partition coefficient (Wildman–Crippen LogP) is 4.33. The highest BCUT2D eigenvalue weighted by Gasteiger charge is 2.27. The Kier molecular flexibility index (Phi) is 7.40. The highest BCUT2D eigenvalue weighted by molar-refractivity contribution is 7.95. The van der Waals surface area contributed by atoms with Crippen LogP contribution in [0.25, 0.3) is 5.57 Å². The molecule has 142 valence electrons. The smallest absolute Gasteiger partial charge is 0.111 e. The molecule has 3 rings (SSSR count). The van der Waals surface area contributed by atoms with Crippen molar-refractivity contribution in [1.29, 1.82) is 0 Å². The normalized spacial score (nSPS) is 25.2. The number of ether oxygens (including phenoxy) is 1. The van der Waals surface area contributed by atoms with Crippen molar-refractivity contribution in [3.63, 3.8) is 0 Å². The van der Waals surface area contributed by atoms with Gasteiger partial charge in [0.1, 0.15) is 5.69 Å². The van der Waals surface area contributed by atoms with Gasteiger partial charge in [0.2, 0.25) is 0 Å². The van der Waals surface area contributed by atoms with Gasteiger partial charge < -0.3 is 4.74 Å². The molecule has 1 aromatic heterocycles. The topological polar surface area (TPSA) is 53.2 Å². The van der Waals surface area contributed by atoms with E-state index in [1.165, 1.54) is 0 Å².